The molecular weight excluding hydrogens is 440 g/mol. The van der Waals surface area contributed by atoms with Crippen LogP contribution in [0, 0.1) is 5.92 Å². The largest absolute Gasteiger partial charge is 0.493 e. The summed E-state index contributed by atoms with van der Waals surface area (Å²) in [6.07, 6.45) is 7.35. The number of nitrogens with zero attached hydrogens (tertiary/aromatic N) is 4. The van der Waals surface area contributed by atoms with Crippen LogP contribution in [0.2, 0.25) is 0 Å². The number of rotatable bonds is 9. The Kier molecular flexibility index (Phi) is 8.96. The molecule has 7 heteroatoms. The van der Waals surface area contributed by atoms with Crippen molar-refractivity contribution in [2.24, 2.45) is 5.92 Å². The van der Waals surface area contributed by atoms with Crippen molar-refractivity contribution >= 4 is 5.91 Å². The van der Waals surface area contributed by atoms with Gasteiger partial charge in [-0.1, -0.05) is 25.5 Å². The summed E-state index contributed by atoms with van der Waals surface area (Å²) in [7, 11) is 2.15. The highest BCUT2D eigenvalue weighted by Crippen LogP contribution is 2.29. The van der Waals surface area contributed by atoms with Crippen molar-refractivity contribution < 1.29 is 14.3 Å². The Morgan fingerprint density at radius 2 is 1.74 bits per heavy atom. The fourth-order valence-electron chi connectivity index (χ4n) is 4.87. The van der Waals surface area contributed by atoms with Crippen LogP contribution in [0.3, 0.4) is 0 Å². The second kappa shape index (κ2) is 12.3. The molecule has 2 aromatic rings. The molecule has 2 fully saturated rings. The highest BCUT2D eigenvalue weighted by atomic mass is 16.5. The average Bonchev–Trinajstić information content (AvgIpc) is 2.88. The molecule has 3 heterocycles. The van der Waals surface area contributed by atoms with Gasteiger partial charge in [0, 0.05) is 44.7 Å². The van der Waals surface area contributed by atoms with Gasteiger partial charge >= 0.3 is 0 Å². The van der Waals surface area contributed by atoms with Crippen LogP contribution in [0.15, 0.2) is 30.3 Å². The predicted octanol–water partition coefficient (Wildman–Crippen LogP) is 4.60. The van der Waals surface area contributed by atoms with Gasteiger partial charge in [0.25, 0.3) is 0 Å². The molecule has 0 radical (unpaired) electrons. The van der Waals surface area contributed by atoms with Gasteiger partial charge in [-0.25, -0.2) is 0 Å². The van der Waals surface area contributed by atoms with Crippen molar-refractivity contribution in [1.82, 2.24) is 20.0 Å². The zero-order chi connectivity index (χ0) is 24.6. The molecule has 0 saturated carbocycles. The Hall–Kier alpha value is -2.67. The molecule has 2 aliphatic heterocycles. The van der Waals surface area contributed by atoms with E-state index in [4.69, 9.17) is 9.47 Å². The topological polar surface area (TPSA) is 67.8 Å². The molecule has 1 amide bonds. The third kappa shape index (κ3) is 7.17. The summed E-state index contributed by atoms with van der Waals surface area (Å²) in [6.45, 7) is 8.31. The Labute approximate surface area is 209 Å². The summed E-state index contributed by atoms with van der Waals surface area (Å²) >= 11 is 0. The third-order valence-corrected chi connectivity index (χ3v) is 7.28. The van der Waals surface area contributed by atoms with Crippen LogP contribution in [0.4, 0.5) is 0 Å². The molecule has 0 unspecified atom stereocenters. The van der Waals surface area contributed by atoms with Gasteiger partial charge in [-0.05, 0) is 69.2 Å². The average molecular weight is 481 g/mol. The summed E-state index contributed by atoms with van der Waals surface area (Å²) in [5.41, 5.74) is 3.23. The first-order chi connectivity index (χ1) is 17.0. The van der Waals surface area contributed by atoms with Gasteiger partial charge in [-0.2, -0.15) is 5.10 Å². The summed E-state index contributed by atoms with van der Waals surface area (Å²) < 4.78 is 12.3. The number of amides is 1. The van der Waals surface area contributed by atoms with Crippen molar-refractivity contribution in [3.8, 4) is 22.8 Å². The number of carbonyl (C=O) groups is 1. The third-order valence-electron chi connectivity index (χ3n) is 7.28. The van der Waals surface area contributed by atoms with Gasteiger partial charge in [0.1, 0.15) is 11.9 Å². The minimum absolute atomic E-state index is 0.170. The maximum Gasteiger partial charge on any atom is 0.234 e. The highest BCUT2D eigenvalue weighted by molar-refractivity contribution is 5.73. The summed E-state index contributed by atoms with van der Waals surface area (Å²) in [6, 6.07) is 10.4. The first kappa shape index (κ1) is 25.4. The van der Waals surface area contributed by atoms with Crippen LogP contribution >= 0.6 is 0 Å². The number of ether oxygens (including phenoxy) is 2. The number of hydrogen-bond donors (Lipinski definition) is 0. The lowest BCUT2D eigenvalue weighted by Crippen LogP contribution is -2.38. The minimum Gasteiger partial charge on any atom is -0.493 e. The molecule has 7 nitrogen and oxygen atoms in total. The van der Waals surface area contributed by atoms with E-state index in [1.165, 1.54) is 0 Å². The Morgan fingerprint density at radius 3 is 2.40 bits per heavy atom. The van der Waals surface area contributed by atoms with Gasteiger partial charge in [0.15, 0.2) is 0 Å². The monoisotopic (exact) mass is 480 g/mol. The van der Waals surface area contributed by atoms with E-state index in [2.05, 4.69) is 47.3 Å². The number of unbranched alkanes of at least 4 members (excludes halogenated alkanes) is 1. The van der Waals surface area contributed by atoms with Crippen LogP contribution in [0.25, 0.3) is 11.1 Å². The summed E-state index contributed by atoms with van der Waals surface area (Å²) in [5.74, 6) is 2.16. The first-order valence-electron chi connectivity index (χ1n) is 13.2. The SMILES string of the molecule is CCCCc1nnc(OC2CCN(C)CC2)cc1-c1ccc(OCC2CCN(C(C)=O)CC2)cc1. The standard InChI is InChI=1S/C28H40N4O3/c1-4-5-6-27-26(19-28(30-29-27)35-25-13-15-31(3)16-14-25)23-7-9-24(10-8-23)34-20-22-11-17-32(18-12-22)21(2)33/h7-10,19,22,25H,4-6,11-18,20H2,1-3H3. The lowest BCUT2D eigenvalue weighted by Gasteiger charge is -2.31. The first-order valence-corrected chi connectivity index (χ1v) is 13.2. The van der Waals surface area contributed by atoms with Gasteiger partial charge in [-0.3, -0.25) is 4.79 Å². The molecule has 0 spiro atoms. The summed E-state index contributed by atoms with van der Waals surface area (Å²) in [4.78, 5) is 15.8. The molecule has 35 heavy (non-hydrogen) atoms. The van der Waals surface area contributed by atoms with Crippen LogP contribution in [-0.2, 0) is 11.2 Å². The number of aryl methyl sites for hydroxylation is 1. The van der Waals surface area contributed by atoms with E-state index in [0.29, 0.717) is 18.4 Å². The predicted molar refractivity (Wildman–Crippen MR) is 138 cm³/mol. The van der Waals surface area contributed by atoms with Gasteiger partial charge in [-0.15, -0.1) is 5.10 Å². The van der Waals surface area contributed by atoms with Crippen LogP contribution in [0.1, 0.15) is 58.1 Å². The molecule has 2 saturated heterocycles. The smallest absolute Gasteiger partial charge is 0.234 e. The van der Waals surface area contributed by atoms with Crippen LogP contribution in [0.5, 0.6) is 11.6 Å². The molecule has 1 aromatic carbocycles. The molecule has 0 bridgehead atoms. The molecule has 4 rings (SSSR count). The number of piperidine rings is 2. The quantitative estimate of drug-likeness (QED) is 0.523. The van der Waals surface area contributed by atoms with Gasteiger partial charge in [0.2, 0.25) is 11.8 Å². The Morgan fingerprint density at radius 1 is 1.03 bits per heavy atom. The molecule has 1 aromatic heterocycles. The van der Waals surface area contributed by atoms with Gasteiger partial charge < -0.3 is 19.3 Å². The van der Waals surface area contributed by atoms with E-state index in [-0.39, 0.29) is 12.0 Å². The fraction of sp³-hybridized carbons (Fsp3) is 0.607. The Balaban J connectivity index is 1.40. The number of hydrogen-bond acceptors (Lipinski definition) is 6. The number of likely N-dealkylation sites (tertiary alicyclic amines) is 2. The van der Waals surface area contributed by atoms with Crippen molar-refractivity contribution in [3.05, 3.63) is 36.0 Å². The normalized spacial score (nSPS) is 18.0. The highest BCUT2D eigenvalue weighted by Gasteiger charge is 2.22. The zero-order valence-corrected chi connectivity index (χ0v) is 21.5. The maximum atomic E-state index is 11.5. The van der Waals surface area contributed by atoms with E-state index in [1.54, 1.807) is 6.92 Å². The number of benzene rings is 1. The second-order valence-corrected chi connectivity index (χ2v) is 10.1. The lowest BCUT2D eigenvalue weighted by molar-refractivity contribution is -0.130. The molecule has 0 aliphatic carbocycles. The zero-order valence-electron chi connectivity index (χ0n) is 21.5. The Bertz CT molecular complexity index is 949. The van der Waals surface area contributed by atoms with E-state index < -0.39 is 0 Å². The lowest BCUT2D eigenvalue weighted by atomic mass is 9.98. The van der Waals surface area contributed by atoms with Crippen molar-refractivity contribution in [3.63, 3.8) is 0 Å². The van der Waals surface area contributed by atoms with Crippen molar-refractivity contribution in [2.45, 2.75) is 64.9 Å². The molecule has 0 atom stereocenters. The van der Waals surface area contributed by atoms with Crippen molar-refractivity contribution in [1.29, 1.82) is 0 Å². The summed E-state index contributed by atoms with van der Waals surface area (Å²) in [5, 5.41) is 8.98. The van der Waals surface area contributed by atoms with Gasteiger partial charge in [0.05, 0.1) is 12.3 Å². The molecule has 190 valence electrons. The molecular formula is C28H40N4O3. The van der Waals surface area contributed by atoms with Crippen molar-refractivity contribution in [2.75, 3.05) is 39.8 Å². The van der Waals surface area contributed by atoms with E-state index in [0.717, 1.165) is 93.7 Å². The molecule has 2 aliphatic rings. The van der Waals surface area contributed by atoms with E-state index in [9.17, 15) is 4.79 Å². The second-order valence-electron chi connectivity index (χ2n) is 10.1. The number of carbonyl (C=O) groups excluding carboxylic acids is 1. The minimum atomic E-state index is 0.170. The van der Waals surface area contributed by atoms with Crippen LogP contribution < -0.4 is 9.47 Å². The fourth-order valence-corrected chi connectivity index (χ4v) is 4.87. The van der Waals surface area contributed by atoms with E-state index >= 15 is 0 Å². The molecule has 0 N–H and O–H groups in total. The van der Waals surface area contributed by atoms with E-state index in [1.807, 2.05) is 17.0 Å². The maximum absolute atomic E-state index is 11.5. The number of aromatic nitrogens is 2. The van der Waals surface area contributed by atoms with Crippen LogP contribution in [-0.4, -0.2) is 71.8 Å².